The summed E-state index contributed by atoms with van der Waals surface area (Å²) in [5.74, 6) is 1.02. The highest BCUT2D eigenvalue weighted by Crippen LogP contribution is 2.06. The molecule has 6 nitrogen and oxygen atoms in total. The third kappa shape index (κ3) is 4.47. The van der Waals surface area contributed by atoms with E-state index in [1.54, 1.807) is 25.4 Å². The van der Waals surface area contributed by atoms with Gasteiger partial charge in [-0.15, -0.1) is 0 Å². The summed E-state index contributed by atoms with van der Waals surface area (Å²) in [7, 11) is 1.91. The maximum Gasteiger partial charge on any atom is 0.239 e. The van der Waals surface area contributed by atoms with Crippen LogP contribution in [0.25, 0.3) is 0 Å². The van der Waals surface area contributed by atoms with Gasteiger partial charge in [-0.3, -0.25) is 14.7 Å². The van der Waals surface area contributed by atoms with Crippen LogP contribution in [0.3, 0.4) is 0 Å². The second kappa shape index (κ2) is 6.81. The zero-order valence-electron chi connectivity index (χ0n) is 11.7. The number of nitrogens with one attached hydrogen (secondary N) is 1. The Morgan fingerprint density at radius 3 is 2.80 bits per heavy atom. The number of rotatable bonds is 6. The van der Waals surface area contributed by atoms with Gasteiger partial charge in [0.25, 0.3) is 0 Å². The van der Waals surface area contributed by atoms with Crippen LogP contribution in [-0.4, -0.2) is 41.1 Å². The summed E-state index contributed by atoms with van der Waals surface area (Å²) in [6.45, 7) is 2.90. The summed E-state index contributed by atoms with van der Waals surface area (Å²) in [6, 6.07) is 5.65. The van der Waals surface area contributed by atoms with Gasteiger partial charge >= 0.3 is 0 Å². The molecule has 0 fully saturated rings. The van der Waals surface area contributed by atoms with Gasteiger partial charge in [-0.2, -0.15) is 0 Å². The minimum atomic E-state index is -0.101. The van der Waals surface area contributed by atoms with Crippen LogP contribution in [0.4, 0.5) is 5.82 Å². The van der Waals surface area contributed by atoms with Crippen molar-refractivity contribution in [1.82, 2.24) is 15.0 Å². The Labute approximate surface area is 117 Å². The minimum Gasteiger partial charge on any atom is -0.360 e. The Hall–Kier alpha value is -2.21. The fraction of sp³-hybridized carbons (Fsp3) is 0.357. The van der Waals surface area contributed by atoms with Gasteiger partial charge in [0.05, 0.1) is 6.54 Å². The molecule has 6 heteroatoms. The SMILES string of the molecule is Cc1cc(NC(=O)CN(C)CCc2ccncc2)no1. The highest BCUT2D eigenvalue weighted by molar-refractivity contribution is 5.91. The van der Waals surface area contributed by atoms with Gasteiger partial charge in [-0.25, -0.2) is 0 Å². The van der Waals surface area contributed by atoms with Gasteiger partial charge in [0, 0.05) is 25.0 Å². The number of carbonyl (C=O) groups excluding carboxylic acids is 1. The van der Waals surface area contributed by atoms with Crippen molar-refractivity contribution < 1.29 is 9.32 Å². The van der Waals surface area contributed by atoms with Crippen LogP contribution in [0.2, 0.25) is 0 Å². The standard InChI is InChI=1S/C14H18N4O2/c1-11-9-13(17-20-11)16-14(19)10-18(2)8-5-12-3-6-15-7-4-12/h3-4,6-7,9H,5,8,10H2,1-2H3,(H,16,17,19). The van der Waals surface area contributed by atoms with Gasteiger partial charge < -0.3 is 9.84 Å². The van der Waals surface area contributed by atoms with E-state index in [0.29, 0.717) is 18.1 Å². The number of amides is 1. The normalized spacial score (nSPS) is 10.8. The number of hydrogen-bond acceptors (Lipinski definition) is 5. The number of likely N-dealkylation sites (N-methyl/N-ethyl adjacent to an activating group) is 1. The van der Waals surface area contributed by atoms with E-state index in [4.69, 9.17) is 4.52 Å². The van der Waals surface area contributed by atoms with Gasteiger partial charge in [0.2, 0.25) is 5.91 Å². The molecule has 0 radical (unpaired) electrons. The average Bonchev–Trinajstić information content (AvgIpc) is 2.83. The zero-order chi connectivity index (χ0) is 14.4. The molecule has 0 aromatic carbocycles. The largest absolute Gasteiger partial charge is 0.360 e. The molecular weight excluding hydrogens is 256 g/mol. The van der Waals surface area contributed by atoms with Crippen molar-refractivity contribution in [2.45, 2.75) is 13.3 Å². The summed E-state index contributed by atoms with van der Waals surface area (Å²) in [5, 5.41) is 6.42. The van der Waals surface area contributed by atoms with Gasteiger partial charge in [0.1, 0.15) is 5.76 Å². The first-order valence-corrected chi connectivity index (χ1v) is 6.44. The molecule has 0 atom stereocenters. The first-order chi connectivity index (χ1) is 9.63. The van der Waals surface area contributed by atoms with Gasteiger partial charge in [-0.05, 0) is 38.1 Å². The Morgan fingerprint density at radius 2 is 2.15 bits per heavy atom. The first-order valence-electron chi connectivity index (χ1n) is 6.44. The van der Waals surface area contributed by atoms with E-state index in [1.807, 2.05) is 24.1 Å². The van der Waals surface area contributed by atoms with E-state index >= 15 is 0 Å². The topological polar surface area (TPSA) is 71.3 Å². The monoisotopic (exact) mass is 274 g/mol. The maximum atomic E-state index is 11.8. The molecule has 0 unspecified atom stereocenters. The molecule has 0 saturated carbocycles. The molecule has 1 amide bonds. The summed E-state index contributed by atoms with van der Waals surface area (Å²) in [6.07, 6.45) is 4.43. The third-order valence-electron chi connectivity index (χ3n) is 2.84. The molecule has 1 N–H and O–H groups in total. The van der Waals surface area contributed by atoms with E-state index < -0.39 is 0 Å². The van der Waals surface area contributed by atoms with Crippen molar-refractivity contribution in [2.24, 2.45) is 0 Å². The van der Waals surface area contributed by atoms with Crippen molar-refractivity contribution in [1.29, 1.82) is 0 Å². The summed E-state index contributed by atoms with van der Waals surface area (Å²) in [5.41, 5.74) is 1.21. The van der Waals surface area contributed by atoms with Crippen LogP contribution >= 0.6 is 0 Å². The number of nitrogens with zero attached hydrogens (tertiary/aromatic N) is 3. The van der Waals surface area contributed by atoms with Crippen molar-refractivity contribution in [3.8, 4) is 0 Å². The van der Waals surface area contributed by atoms with Crippen LogP contribution in [-0.2, 0) is 11.2 Å². The number of aryl methyl sites for hydroxylation is 1. The second-order valence-electron chi connectivity index (χ2n) is 4.71. The lowest BCUT2D eigenvalue weighted by atomic mass is 10.2. The molecule has 0 aliphatic heterocycles. The predicted molar refractivity (Wildman–Crippen MR) is 75.3 cm³/mol. The smallest absolute Gasteiger partial charge is 0.239 e. The Bertz CT molecular complexity index is 553. The van der Waals surface area contributed by atoms with E-state index in [1.165, 1.54) is 5.56 Å². The Morgan fingerprint density at radius 1 is 1.40 bits per heavy atom. The predicted octanol–water partition coefficient (Wildman–Crippen LogP) is 1.49. The van der Waals surface area contributed by atoms with Crippen molar-refractivity contribution in [2.75, 3.05) is 25.5 Å². The fourth-order valence-electron chi connectivity index (χ4n) is 1.80. The Kier molecular flexibility index (Phi) is 4.84. The summed E-state index contributed by atoms with van der Waals surface area (Å²) < 4.78 is 4.89. The fourth-order valence-corrected chi connectivity index (χ4v) is 1.80. The summed E-state index contributed by atoms with van der Waals surface area (Å²) in [4.78, 5) is 17.7. The zero-order valence-corrected chi connectivity index (χ0v) is 11.7. The molecule has 2 aromatic heterocycles. The highest BCUT2D eigenvalue weighted by Gasteiger charge is 2.09. The van der Waals surface area contributed by atoms with E-state index in [0.717, 1.165) is 13.0 Å². The number of aromatic nitrogens is 2. The average molecular weight is 274 g/mol. The van der Waals surface area contributed by atoms with Gasteiger partial charge in [-0.1, -0.05) is 5.16 Å². The molecule has 0 bridgehead atoms. The molecular formula is C14H18N4O2. The van der Waals surface area contributed by atoms with Crippen LogP contribution in [0, 0.1) is 6.92 Å². The van der Waals surface area contributed by atoms with E-state index in [-0.39, 0.29) is 5.91 Å². The van der Waals surface area contributed by atoms with Gasteiger partial charge in [0.15, 0.2) is 5.82 Å². The van der Waals surface area contributed by atoms with Crippen molar-refractivity contribution in [3.63, 3.8) is 0 Å². The van der Waals surface area contributed by atoms with Crippen molar-refractivity contribution >= 4 is 11.7 Å². The van der Waals surface area contributed by atoms with Crippen LogP contribution in [0.5, 0.6) is 0 Å². The molecule has 2 heterocycles. The van der Waals surface area contributed by atoms with Crippen LogP contribution < -0.4 is 5.32 Å². The van der Waals surface area contributed by atoms with Crippen molar-refractivity contribution in [3.05, 3.63) is 41.9 Å². The molecule has 0 aliphatic rings. The number of pyridine rings is 1. The lowest BCUT2D eigenvalue weighted by molar-refractivity contribution is -0.117. The van der Waals surface area contributed by atoms with E-state index in [2.05, 4.69) is 15.5 Å². The van der Waals surface area contributed by atoms with E-state index in [9.17, 15) is 4.79 Å². The lowest BCUT2D eigenvalue weighted by Gasteiger charge is -2.15. The van der Waals surface area contributed by atoms with Crippen LogP contribution in [0.1, 0.15) is 11.3 Å². The molecule has 20 heavy (non-hydrogen) atoms. The molecule has 0 saturated heterocycles. The quantitative estimate of drug-likeness (QED) is 0.864. The molecule has 0 aliphatic carbocycles. The number of anilines is 1. The minimum absolute atomic E-state index is 0.101. The first kappa shape index (κ1) is 14.2. The molecule has 106 valence electrons. The second-order valence-corrected chi connectivity index (χ2v) is 4.71. The Balaban J connectivity index is 1.73. The lowest BCUT2D eigenvalue weighted by Crippen LogP contribution is -2.31. The number of hydrogen-bond donors (Lipinski definition) is 1. The maximum absolute atomic E-state index is 11.8. The summed E-state index contributed by atoms with van der Waals surface area (Å²) >= 11 is 0. The van der Waals surface area contributed by atoms with Crippen LogP contribution in [0.15, 0.2) is 35.1 Å². The highest BCUT2D eigenvalue weighted by atomic mass is 16.5. The number of carbonyl (C=O) groups is 1. The molecule has 2 aromatic rings. The molecule has 2 rings (SSSR count). The molecule has 0 spiro atoms. The third-order valence-corrected chi connectivity index (χ3v) is 2.84.